The summed E-state index contributed by atoms with van der Waals surface area (Å²) in [7, 11) is 0. The van der Waals surface area contributed by atoms with Crippen molar-refractivity contribution in [2.75, 3.05) is 6.54 Å². The van der Waals surface area contributed by atoms with Crippen LogP contribution in [0.1, 0.15) is 29.6 Å². The first-order chi connectivity index (χ1) is 9.00. The first kappa shape index (κ1) is 13.4. The van der Waals surface area contributed by atoms with Crippen LogP contribution in [0.3, 0.4) is 0 Å². The summed E-state index contributed by atoms with van der Waals surface area (Å²) in [4.78, 5) is 21.2. The molecule has 2 rings (SSSR count). The number of hydrogen-bond donors (Lipinski definition) is 1. The maximum atomic E-state index is 13.7. The molecule has 1 fully saturated rings. The Kier molecular flexibility index (Phi) is 3.73. The Labute approximate surface area is 107 Å². The minimum atomic E-state index is -1.43. The molecule has 1 saturated carbocycles. The Morgan fingerprint density at radius 2 is 2.11 bits per heavy atom. The van der Waals surface area contributed by atoms with Crippen molar-refractivity contribution in [3.63, 3.8) is 0 Å². The van der Waals surface area contributed by atoms with Crippen LogP contribution in [0, 0.1) is 27.7 Å². The molecular weight excluding hydrogens is 258 g/mol. The van der Waals surface area contributed by atoms with Gasteiger partial charge in [-0.2, -0.15) is 4.39 Å². The van der Waals surface area contributed by atoms with Crippen molar-refractivity contribution < 1.29 is 18.5 Å². The molecule has 1 aliphatic carbocycles. The smallest absolute Gasteiger partial charge is 0.305 e. The summed E-state index contributed by atoms with van der Waals surface area (Å²) in [5, 5.41) is 12.9. The Morgan fingerprint density at radius 1 is 1.42 bits per heavy atom. The van der Waals surface area contributed by atoms with Crippen LogP contribution in [-0.4, -0.2) is 17.4 Å². The number of nitrogens with zero attached hydrogens (tertiary/aromatic N) is 1. The second kappa shape index (κ2) is 5.29. The van der Waals surface area contributed by atoms with Gasteiger partial charge in [0.05, 0.1) is 4.92 Å². The molecule has 1 aromatic carbocycles. The first-order valence-corrected chi connectivity index (χ1v) is 5.91. The molecule has 5 nitrogen and oxygen atoms in total. The SMILES string of the molecule is O=C(NCC1CCC1)c1c(F)ccc([N+](=O)[O-])c1F. The Balaban J connectivity index is 2.19. The van der Waals surface area contributed by atoms with Crippen molar-refractivity contribution >= 4 is 11.6 Å². The standard InChI is InChI=1S/C12H12F2N2O3/c13-8-4-5-9(16(18)19)11(14)10(8)12(17)15-6-7-2-1-3-7/h4-5,7H,1-3,6H2,(H,15,17). The molecule has 1 aromatic rings. The molecule has 0 bridgehead atoms. The maximum Gasteiger partial charge on any atom is 0.305 e. The van der Waals surface area contributed by atoms with Gasteiger partial charge in [-0.15, -0.1) is 0 Å². The molecule has 0 radical (unpaired) electrons. The van der Waals surface area contributed by atoms with Gasteiger partial charge >= 0.3 is 5.69 Å². The van der Waals surface area contributed by atoms with Crippen molar-refractivity contribution in [2.45, 2.75) is 19.3 Å². The highest BCUT2D eigenvalue weighted by atomic mass is 19.1. The molecule has 0 atom stereocenters. The highest BCUT2D eigenvalue weighted by Gasteiger charge is 2.27. The first-order valence-electron chi connectivity index (χ1n) is 5.91. The van der Waals surface area contributed by atoms with E-state index in [4.69, 9.17) is 0 Å². The quantitative estimate of drug-likeness (QED) is 0.674. The van der Waals surface area contributed by atoms with Crippen molar-refractivity contribution in [3.8, 4) is 0 Å². The lowest BCUT2D eigenvalue weighted by molar-refractivity contribution is -0.387. The predicted molar refractivity (Wildman–Crippen MR) is 62.7 cm³/mol. The third-order valence-electron chi connectivity index (χ3n) is 3.27. The highest BCUT2D eigenvalue weighted by molar-refractivity contribution is 5.95. The van der Waals surface area contributed by atoms with E-state index in [1.54, 1.807) is 0 Å². The van der Waals surface area contributed by atoms with E-state index in [1.807, 2.05) is 0 Å². The van der Waals surface area contributed by atoms with Crippen LogP contribution in [-0.2, 0) is 0 Å². The lowest BCUT2D eigenvalue weighted by Gasteiger charge is -2.25. The van der Waals surface area contributed by atoms with Crippen molar-refractivity contribution in [1.29, 1.82) is 0 Å². The molecule has 0 saturated heterocycles. The average molecular weight is 270 g/mol. The Hall–Kier alpha value is -2.05. The molecule has 19 heavy (non-hydrogen) atoms. The van der Waals surface area contributed by atoms with Gasteiger partial charge in [-0.25, -0.2) is 4.39 Å². The third-order valence-corrected chi connectivity index (χ3v) is 3.27. The Bertz CT molecular complexity index is 530. The van der Waals surface area contributed by atoms with Gasteiger partial charge in [-0.3, -0.25) is 14.9 Å². The van der Waals surface area contributed by atoms with Crippen molar-refractivity contribution in [2.24, 2.45) is 5.92 Å². The summed E-state index contributed by atoms with van der Waals surface area (Å²) in [5.41, 5.74) is -1.80. The van der Waals surface area contributed by atoms with Crippen LogP contribution in [0.4, 0.5) is 14.5 Å². The molecule has 0 heterocycles. The molecule has 0 spiro atoms. The summed E-state index contributed by atoms with van der Waals surface area (Å²) in [6, 6.07) is 1.42. The van der Waals surface area contributed by atoms with E-state index in [9.17, 15) is 23.7 Å². The van der Waals surface area contributed by atoms with E-state index < -0.39 is 33.7 Å². The molecule has 7 heteroatoms. The zero-order valence-corrected chi connectivity index (χ0v) is 9.99. The van der Waals surface area contributed by atoms with Crippen LogP contribution >= 0.6 is 0 Å². The van der Waals surface area contributed by atoms with Gasteiger partial charge in [-0.05, 0) is 24.8 Å². The highest BCUT2D eigenvalue weighted by Crippen LogP contribution is 2.26. The third kappa shape index (κ3) is 2.69. The van der Waals surface area contributed by atoms with Crippen LogP contribution in [0.2, 0.25) is 0 Å². The van der Waals surface area contributed by atoms with Gasteiger partial charge < -0.3 is 5.32 Å². The van der Waals surface area contributed by atoms with E-state index >= 15 is 0 Å². The summed E-state index contributed by atoms with van der Waals surface area (Å²) < 4.78 is 27.2. The van der Waals surface area contributed by atoms with Gasteiger partial charge in [0.1, 0.15) is 11.4 Å². The summed E-state index contributed by atoms with van der Waals surface area (Å²) in [5.74, 6) is -3.16. The van der Waals surface area contributed by atoms with Crippen LogP contribution < -0.4 is 5.32 Å². The zero-order chi connectivity index (χ0) is 14.0. The van der Waals surface area contributed by atoms with E-state index in [1.165, 1.54) is 0 Å². The van der Waals surface area contributed by atoms with Gasteiger partial charge in [0.2, 0.25) is 5.82 Å². The topological polar surface area (TPSA) is 72.2 Å². The maximum absolute atomic E-state index is 13.7. The predicted octanol–water partition coefficient (Wildman–Crippen LogP) is 2.40. The number of benzene rings is 1. The average Bonchev–Trinajstić information content (AvgIpc) is 2.26. The molecule has 0 aromatic heterocycles. The summed E-state index contributed by atoms with van der Waals surface area (Å²) >= 11 is 0. The molecular formula is C12H12F2N2O3. The Morgan fingerprint density at radius 3 is 2.63 bits per heavy atom. The summed E-state index contributed by atoms with van der Waals surface area (Å²) in [6.45, 7) is 0.334. The molecule has 102 valence electrons. The van der Waals surface area contributed by atoms with Gasteiger partial charge in [0, 0.05) is 12.6 Å². The monoisotopic (exact) mass is 270 g/mol. The lowest BCUT2D eigenvalue weighted by Crippen LogP contribution is -2.33. The van der Waals surface area contributed by atoms with Crippen LogP contribution in [0.25, 0.3) is 0 Å². The fourth-order valence-corrected chi connectivity index (χ4v) is 1.91. The lowest BCUT2D eigenvalue weighted by atomic mass is 9.85. The minimum absolute atomic E-state index is 0.328. The number of carbonyl (C=O) groups is 1. The molecule has 1 aliphatic rings. The normalized spacial score (nSPS) is 14.8. The van der Waals surface area contributed by atoms with E-state index in [0.717, 1.165) is 25.3 Å². The fraction of sp³-hybridized carbons (Fsp3) is 0.417. The second-order valence-electron chi connectivity index (χ2n) is 4.52. The van der Waals surface area contributed by atoms with Gasteiger partial charge in [-0.1, -0.05) is 6.42 Å². The van der Waals surface area contributed by atoms with E-state index in [-0.39, 0.29) is 0 Å². The number of amides is 1. The van der Waals surface area contributed by atoms with Crippen LogP contribution in [0.15, 0.2) is 12.1 Å². The number of nitro groups is 1. The zero-order valence-electron chi connectivity index (χ0n) is 9.99. The number of hydrogen-bond acceptors (Lipinski definition) is 3. The molecule has 0 unspecified atom stereocenters. The number of halogens is 2. The second-order valence-corrected chi connectivity index (χ2v) is 4.52. The number of nitro benzene ring substituents is 1. The molecule has 0 aliphatic heterocycles. The van der Waals surface area contributed by atoms with Crippen molar-refractivity contribution in [3.05, 3.63) is 39.4 Å². The number of nitrogens with one attached hydrogen (secondary N) is 1. The van der Waals surface area contributed by atoms with Crippen LogP contribution in [0.5, 0.6) is 0 Å². The fourth-order valence-electron chi connectivity index (χ4n) is 1.91. The number of carbonyl (C=O) groups excluding carboxylic acids is 1. The largest absolute Gasteiger partial charge is 0.352 e. The van der Waals surface area contributed by atoms with Gasteiger partial charge in [0.25, 0.3) is 5.91 Å². The van der Waals surface area contributed by atoms with E-state index in [2.05, 4.69) is 5.32 Å². The molecule has 1 N–H and O–H groups in total. The van der Waals surface area contributed by atoms with Crippen molar-refractivity contribution in [1.82, 2.24) is 5.32 Å². The number of rotatable bonds is 4. The van der Waals surface area contributed by atoms with E-state index in [0.29, 0.717) is 18.5 Å². The molecule has 1 amide bonds. The van der Waals surface area contributed by atoms with Gasteiger partial charge in [0.15, 0.2) is 0 Å². The minimum Gasteiger partial charge on any atom is -0.352 e. The summed E-state index contributed by atoms with van der Waals surface area (Å²) in [6.07, 6.45) is 3.03.